The third-order valence-electron chi connectivity index (χ3n) is 2.88. The SMILES string of the molecule is COCCNCCNC(=O)CCNS(=O)(=O)c1ccccc1F.Cl. The highest BCUT2D eigenvalue weighted by atomic mass is 35.5. The molecule has 1 amide bonds. The van der Waals surface area contributed by atoms with Crippen LogP contribution in [0.3, 0.4) is 0 Å². The summed E-state index contributed by atoms with van der Waals surface area (Å²) in [6, 6.07) is 5.07. The molecule has 3 N–H and O–H groups in total. The lowest BCUT2D eigenvalue weighted by Gasteiger charge is -2.08. The maximum absolute atomic E-state index is 13.5. The van der Waals surface area contributed by atoms with Crippen LogP contribution in [-0.4, -0.2) is 54.2 Å². The van der Waals surface area contributed by atoms with Gasteiger partial charge in [-0.25, -0.2) is 17.5 Å². The Bertz CT molecular complexity index is 601. The average molecular weight is 384 g/mol. The zero-order valence-corrected chi connectivity index (χ0v) is 15.0. The van der Waals surface area contributed by atoms with Gasteiger partial charge in [-0.3, -0.25) is 4.79 Å². The van der Waals surface area contributed by atoms with Gasteiger partial charge >= 0.3 is 0 Å². The fourth-order valence-corrected chi connectivity index (χ4v) is 2.83. The van der Waals surface area contributed by atoms with Crippen LogP contribution in [0.4, 0.5) is 4.39 Å². The molecule has 0 unspecified atom stereocenters. The summed E-state index contributed by atoms with van der Waals surface area (Å²) in [7, 11) is -2.35. The Morgan fingerprint density at radius 2 is 1.88 bits per heavy atom. The Morgan fingerprint density at radius 1 is 1.17 bits per heavy atom. The predicted molar refractivity (Wildman–Crippen MR) is 91.2 cm³/mol. The summed E-state index contributed by atoms with van der Waals surface area (Å²) in [5.41, 5.74) is 0. The molecule has 0 saturated heterocycles. The molecule has 1 aromatic carbocycles. The van der Waals surface area contributed by atoms with E-state index in [1.54, 1.807) is 7.11 Å². The Hall–Kier alpha value is -1.26. The number of carbonyl (C=O) groups excluding carboxylic acids is 1. The van der Waals surface area contributed by atoms with Gasteiger partial charge in [-0.15, -0.1) is 12.4 Å². The molecule has 0 aromatic heterocycles. The number of hydrogen-bond acceptors (Lipinski definition) is 5. The van der Waals surface area contributed by atoms with Crippen molar-refractivity contribution in [2.45, 2.75) is 11.3 Å². The van der Waals surface area contributed by atoms with E-state index in [-0.39, 0.29) is 31.3 Å². The van der Waals surface area contributed by atoms with Crippen molar-refractivity contribution < 1.29 is 22.3 Å². The van der Waals surface area contributed by atoms with Crippen LogP contribution in [0.15, 0.2) is 29.2 Å². The number of ether oxygens (including phenoxy) is 1. The lowest BCUT2D eigenvalue weighted by Crippen LogP contribution is -2.35. The highest BCUT2D eigenvalue weighted by molar-refractivity contribution is 7.89. The molecule has 0 atom stereocenters. The van der Waals surface area contributed by atoms with E-state index < -0.39 is 20.7 Å². The molecule has 0 heterocycles. The first-order valence-corrected chi connectivity index (χ1v) is 8.66. The standard InChI is InChI=1S/C14H22FN3O4S.ClH/c1-22-11-10-16-8-9-17-14(19)6-7-18-23(20,21)13-5-3-2-4-12(13)15;/h2-5,16,18H,6-11H2,1H3,(H,17,19);1H. The summed E-state index contributed by atoms with van der Waals surface area (Å²) in [4.78, 5) is 11.1. The molecule has 1 aromatic rings. The fraction of sp³-hybridized carbons (Fsp3) is 0.500. The molecule has 0 bridgehead atoms. The number of sulfonamides is 1. The minimum Gasteiger partial charge on any atom is -0.383 e. The van der Waals surface area contributed by atoms with Crippen molar-refractivity contribution in [1.82, 2.24) is 15.4 Å². The van der Waals surface area contributed by atoms with Gasteiger partial charge in [0.2, 0.25) is 15.9 Å². The number of benzene rings is 1. The largest absolute Gasteiger partial charge is 0.383 e. The van der Waals surface area contributed by atoms with Crippen LogP contribution in [0, 0.1) is 5.82 Å². The first kappa shape index (κ1) is 22.7. The Kier molecular flexibility index (Phi) is 11.5. The van der Waals surface area contributed by atoms with Crippen molar-refractivity contribution in [3.05, 3.63) is 30.1 Å². The number of hydrogen-bond donors (Lipinski definition) is 3. The summed E-state index contributed by atoms with van der Waals surface area (Å²) >= 11 is 0. The number of amides is 1. The highest BCUT2D eigenvalue weighted by Crippen LogP contribution is 2.12. The Morgan fingerprint density at radius 3 is 2.54 bits per heavy atom. The first-order valence-electron chi connectivity index (χ1n) is 7.18. The van der Waals surface area contributed by atoms with Crippen molar-refractivity contribution >= 4 is 28.3 Å². The molecule has 7 nitrogen and oxygen atoms in total. The van der Waals surface area contributed by atoms with Crippen molar-refractivity contribution in [1.29, 1.82) is 0 Å². The van der Waals surface area contributed by atoms with Crippen LogP contribution < -0.4 is 15.4 Å². The summed E-state index contributed by atoms with van der Waals surface area (Å²) in [6.45, 7) is 2.21. The van der Waals surface area contributed by atoms with E-state index >= 15 is 0 Å². The topological polar surface area (TPSA) is 96.5 Å². The second kappa shape index (κ2) is 12.2. The third kappa shape index (κ3) is 8.55. The molecule has 138 valence electrons. The van der Waals surface area contributed by atoms with Crippen LogP contribution >= 0.6 is 12.4 Å². The maximum atomic E-state index is 13.5. The molecule has 0 fully saturated rings. The molecule has 0 spiro atoms. The third-order valence-corrected chi connectivity index (χ3v) is 4.37. The van der Waals surface area contributed by atoms with Gasteiger partial charge in [0.05, 0.1) is 6.61 Å². The fourth-order valence-electron chi connectivity index (χ4n) is 1.72. The zero-order valence-electron chi connectivity index (χ0n) is 13.4. The number of methoxy groups -OCH3 is 1. The van der Waals surface area contributed by atoms with E-state index in [4.69, 9.17) is 4.74 Å². The molecule has 1 rings (SSSR count). The van der Waals surface area contributed by atoms with E-state index in [1.807, 2.05) is 0 Å². The monoisotopic (exact) mass is 383 g/mol. The van der Waals surface area contributed by atoms with Gasteiger partial charge in [-0.1, -0.05) is 12.1 Å². The van der Waals surface area contributed by atoms with Gasteiger partial charge in [0, 0.05) is 39.7 Å². The highest BCUT2D eigenvalue weighted by Gasteiger charge is 2.18. The molecule has 0 radical (unpaired) electrons. The summed E-state index contributed by atoms with van der Waals surface area (Å²) < 4.78 is 44.3. The van der Waals surface area contributed by atoms with Gasteiger partial charge in [0.15, 0.2) is 0 Å². The number of carbonyl (C=O) groups is 1. The van der Waals surface area contributed by atoms with Crippen LogP contribution in [0.1, 0.15) is 6.42 Å². The van der Waals surface area contributed by atoms with Crippen molar-refractivity contribution in [2.75, 3.05) is 39.9 Å². The summed E-state index contributed by atoms with van der Waals surface area (Å²) in [5, 5.41) is 5.70. The molecular formula is C14H23ClFN3O4S. The molecule has 10 heteroatoms. The van der Waals surface area contributed by atoms with Gasteiger partial charge in [-0.05, 0) is 12.1 Å². The second-order valence-electron chi connectivity index (χ2n) is 4.67. The van der Waals surface area contributed by atoms with Gasteiger partial charge in [0.1, 0.15) is 10.7 Å². The Balaban J connectivity index is 0.00000529. The summed E-state index contributed by atoms with van der Waals surface area (Å²) in [6.07, 6.45) is -0.0221. The van der Waals surface area contributed by atoms with Gasteiger partial charge in [-0.2, -0.15) is 0 Å². The van der Waals surface area contributed by atoms with Crippen molar-refractivity contribution in [3.8, 4) is 0 Å². The van der Waals surface area contributed by atoms with Crippen LogP contribution in [-0.2, 0) is 19.6 Å². The lowest BCUT2D eigenvalue weighted by atomic mass is 10.3. The van der Waals surface area contributed by atoms with E-state index in [1.165, 1.54) is 18.2 Å². The average Bonchev–Trinajstić information content (AvgIpc) is 2.51. The predicted octanol–water partition coefficient (Wildman–Crippen LogP) is 0.268. The minimum atomic E-state index is -3.95. The number of nitrogens with one attached hydrogen (secondary N) is 3. The van der Waals surface area contributed by atoms with Gasteiger partial charge < -0.3 is 15.4 Å². The van der Waals surface area contributed by atoms with Crippen molar-refractivity contribution in [2.24, 2.45) is 0 Å². The zero-order chi connectivity index (χ0) is 17.1. The molecule has 24 heavy (non-hydrogen) atoms. The van der Waals surface area contributed by atoms with E-state index in [2.05, 4.69) is 15.4 Å². The van der Waals surface area contributed by atoms with E-state index in [9.17, 15) is 17.6 Å². The van der Waals surface area contributed by atoms with Crippen molar-refractivity contribution in [3.63, 3.8) is 0 Å². The Labute approximate surface area is 147 Å². The van der Waals surface area contributed by atoms with E-state index in [0.29, 0.717) is 26.2 Å². The smallest absolute Gasteiger partial charge is 0.243 e. The minimum absolute atomic E-state index is 0. The number of rotatable bonds is 11. The number of halogens is 2. The second-order valence-corrected chi connectivity index (χ2v) is 6.41. The summed E-state index contributed by atoms with van der Waals surface area (Å²) in [5.74, 6) is -1.11. The normalized spacial score (nSPS) is 10.9. The molecule has 0 aliphatic rings. The van der Waals surface area contributed by atoms with Crippen LogP contribution in [0.5, 0.6) is 0 Å². The quantitative estimate of drug-likeness (QED) is 0.476. The van der Waals surface area contributed by atoms with Crippen LogP contribution in [0.25, 0.3) is 0 Å². The van der Waals surface area contributed by atoms with Gasteiger partial charge in [0.25, 0.3) is 0 Å². The van der Waals surface area contributed by atoms with E-state index in [0.717, 1.165) is 6.07 Å². The molecule has 0 aliphatic heterocycles. The molecule has 0 aliphatic carbocycles. The molecule has 0 saturated carbocycles. The first-order chi connectivity index (χ1) is 11.0. The lowest BCUT2D eigenvalue weighted by molar-refractivity contribution is -0.120. The molecular weight excluding hydrogens is 361 g/mol. The van der Waals surface area contributed by atoms with Crippen LogP contribution in [0.2, 0.25) is 0 Å². The maximum Gasteiger partial charge on any atom is 0.243 e.